The molecule has 96 valence electrons. The van der Waals surface area contributed by atoms with Gasteiger partial charge in [-0.25, -0.2) is 4.39 Å². The molecule has 0 fully saturated rings. The Morgan fingerprint density at radius 1 is 1.53 bits per heavy atom. The summed E-state index contributed by atoms with van der Waals surface area (Å²) in [5.74, 6) is -0.556. The highest BCUT2D eigenvalue weighted by atomic mass is 35.5. The number of nitro groups is 1. The van der Waals surface area contributed by atoms with Gasteiger partial charge in [-0.15, -0.1) is 12.4 Å². The highest BCUT2D eigenvalue weighted by Gasteiger charge is 2.19. The summed E-state index contributed by atoms with van der Waals surface area (Å²) in [5, 5.41) is 19.3. The number of nitrogens with two attached hydrogens (primary N) is 1. The van der Waals surface area contributed by atoms with Gasteiger partial charge in [-0.1, -0.05) is 0 Å². The highest BCUT2D eigenvalue weighted by Crippen LogP contribution is 2.26. The van der Waals surface area contributed by atoms with Gasteiger partial charge in [0.1, 0.15) is 5.82 Å². The van der Waals surface area contributed by atoms with Crippen molar-refractivity contribution in [1.82, 2.24) is 0 Å². The van der Waals surface area contributed by atoms with E-state index in [0.29, 0.717) is 12.8 Å². The normalized spacial score (nSPS) is 11.7. The SMILES string of the molecule is Cl.N[C@H](CCCO)c1cc(F)ccc1[N+](=O)[O-]. The minimum atomic E-state index is -0.636. The molecule has 0 saturated carbocycles. The topological polar surface area (TPSA) is 89.4 Å². The maximum atomic E-state index is 13.0. The Balaban J connectivity index is 0.00000256. The Hall–Kier alpha value is -1.24. The van der Waals surface area contributed by atoms with Crippen molar-refractivity contribution >= 4 is 18.1 Å². The van der Waals surface area contributed by atoms with Gasteiger partial charge in [0.2, 0.25) is 0 Å². The summed E-state index contributed by atoms with van der Waals surface area (Å²) < 4.78 is 13.0. The standard InChI is InChI=1S/C10H13FN2O3.ClH/c11-7-3-4-10(13(15)16)8(6-7)9(12)2-1-5-14;/h3-4,6,9,14H,1-2,5,12H2;1H/t9-;/m1./s1. The molecular weight excluding hydrogens is 251 g/mol. The number of nitro benzene ring substituents is 1. The average molecular weight is 265 g/mol. The first-order chi connectivity index (χ1) is 7.56. The molecule has 1 rings (SSSR count). The van der Waals surface area contributed by atoms with E-state index in [1.54, 1.807) is 0 Å². The van der Waals surface area contributed by atoms with Crippen LogP contribution >= 0.6 is 12.4 Å². The molecule has 1 aromatic carbocycles. The monoisotopic (exact) mass is 264 g/mol. The molecule has 1 atom stereocenters. The van der Waals surface area contributed by atoms with E-state index < -0.39 is 16.8 Å². The zero-order chi connectivity index (χ0) is 12.1. The molecule has 0 amide bonds. The van der Waals surface area contributed by atoms with Crippen molar-refractivity contribution in [2.75, 3.05) is 6.61 Å². The van der Waals surface area contributed by atoms with Gasteiger partial charge < -0.3 is 10.8 Å². The summed E-state index contributed by atoms with van der Waals surface area (Å²) in [7, 11) is 0. The van der Waals surface area contributed by atoms with Crippen LogP contribution in [0.15, 0.2) is 18.2 Å². The summed E-state index contributed by atoms with van der Waals surface area (Å²) in [5.41, 5.74) is 5.68. The lowest BCUT2D eigenvalue weighted by molar-refractivity contribution is -0.385. The zero-order valence-electron chi connectivity index (χ0n) is 9.01. The van der Waals surface area contributed by atoms with Crippen molar-refractivity contribution in [2.24, 2.45) is 5.73 Å². The number of aliphatic hydroxyl groups is 1. The van der Waals surface area contributed by atoms with E-state index in [2.05, 4.69) is 0 Å². The van der Waals surface area contributed by atoms with Crippen molar-refractivity contribution in [3.05, 3.63) is 39.7 Å². The van der Waals surface area contributed by atoms with Crippen molar-refractivity contribution in [3.8, 4) is 0 Å². The molecule has 0 aliphatic heterocycles. The molecule has 0 saturated heterocycles. The first-order valence-corrected chi connectivity index (χ1v) is 4.86. The molecular formula is C10H14ClFN2O3. The second kappa shape index (κ2) is 7.16. The van der Waals surface area contributed by atoms with Crippen LogP contribution < -0.4 is 5.73 Å². The maximum Gasteiger partial charge on any atom is 0.274 e. The quantitative estimate of drug-likeness (QED) is 0.628. The predicted molar refractivity (Wildman–Crippen MR) is 63.6 cm³/mol. The Labute approximate surface area is 104 Å². The lowest BCUT2D eigenvalue weighted by Gasteiger charge is -2.11. The van der Waals surface area contributed by atoms with E-state index in [1.807, 2.05) is 0 Å². The molecule has 0 aliphatic rings. The number of hydrogen-bond donors (Lipinski definition) is 2. The van der Waals surface area contributed by atoms with Crippen LogP contribution in [0.25, 0.3) is 0 Å². The second-order valence-corrected chi connectivity index (χ2v) is 3.43. The first kappa shape index (κ1) is 15.8. The fraction of sp³-hybridized carbons (Fsp3) is 0.400. The molecule has 1 aromatic rings. The average Bonchev–Trinajstić information content (AvgIpc) is 2.25. The van der Waals surface area contributed by atoms with E-state index in [1.165, 1.54) is 0 Å². The Morgan fingerprint density at radius 3 is 2.71 bits per heavy atom. The van der Waals surface area contributed by atoms with E-state index in [0.717, 1.165) is 18.2 Å². The number of rotatable bonds is 5. The van der Waals surface area contributed by atoms with Crippen LogP contribution in [0.2, 0.25) is 0 Å². The van der Waals surface area contributed by atoms with E-state index in [4.69, 9.17) is 10.8 Å². The van der Waals surface area contributed by atoms with Crippen molar-refractivity contribution in [2.45, 2.75) is 18.9 Å². The Kier molecular flexibility index (Phi) is 6.64. The Morgan fingerprint density at radius 2 is 2.18 bits per heavy atom. The molecule has 0 spiro atoms. The minimum Gasteiger partial charge on any atom is -0.396 e. The summed E-state index contributed by atoms with van der Waals surface area (Å²) in [6.45, 7) is -0.0448. The molecule has 5 nitrogen and oxygen atoms in total. The lowest BCUT2D eigenvalue weighted by atomic mass is 10.0. The van der Waals surface area contributed by atoms with Gasteiger partial charge in [-0.05, 0) is 25.0 Å². The number of hydrogen-bond acceptors (Lipinski definition) is 4. The highest BCUT2D eigenvalue weighted by molar-refractivity contribution is 5.85. The molecule has 0 radical (unpaired) electrons. The number of benzene rings is 1. The summed E-state index contributed by atoms with van der Waals surface area (Å²) in [6, 6.07) is 2.56. The van der Waals surface area contributed by atoms with E-state index >= 15 is 0 Å². The van der Waals surface area contributed by atoms with Gasteiger partial charge in [0.25, 0.3) is 5.69 Å². The third-order valence-corrected chi connectivity index (χ3v) is 2.26. The van der Waals surface area contributed by atoms with Crippen molar-refractivity contribution in [3.63, 3.8) is 0 Å². The van der Waals surface area contributed by atoms with Crippen LogP contribution in [0.5, 0.6) is 0 Å². The third kappa shape index (κ3) is 4.26. The summed E-state index contributed by atoms with van der Waals surface area (Å²) in [4.78, 5) is 10.1. The van der Waals surface area contributed by atoms with Gasteiger partial charge >= 0.3 is 0 Å². The van der Waals surface area contributed by atoms with E-state index in [-0.39, 0.29) is 30.3 Å². The molecule has 0 aromatic heterocycles. The smallest absolute Gasteiger partial charge is 0.274 e. The summed E-state index contributed by atoms with van der Waals surface area (Å²) >= 11 is 0. The number of halogens is 2. The molecule has 0 aliphatic carbocycles. The van der Waals surface area contributed by atoms with Crippen LogP contribution in [0.3, 0.4) is 0 Å². The fourth-order valence-corrected chi connectivity index (χ4v) is 1.46. The van der Waals surface area contributed by atoms with Crippen LogP contribution in [-0.2, 0) is 0 Å². The van der Waals surface area contributed by atoms with Crippen LogP contribution in [0.1, 0.15) is 24.4 Å². The van der Waals surface area contributed by atoms with Crippen LogP contribution in [0.4, 0.5) is 10.1 Å². The maximum absolute atomic E-state index is 13.0. The number of aliphatic hydroxyl groups excluding tert-OH is 1. The van der Waals surface area contributed by atoms with Crippen LogP contribution in [-0.4, -0.2) is 16.6 Å². The van der Waals surface area contributed by atoms with Gasteiger partial charge in [-0.2, -0.15) is 0 Å². The summed E-state index contributed by atoms with van der Waals surface area (Å²) in [6.07, 6.45) is 0.801. The van der Waals surface area contributed by atoms with Gasteiger partial charge in [-0.3, -0.25) is 10.1 Å². The molecule has 0 heterocycles. The van der Waals surface area contributed by atoms with Gasteiger partial charge in [0.15, 0.2) is 0 Å². The lowest BCUT2D eigenvalue weighted by Crippen LogP contribution is -2.13. The third-order valence-electron chi connectivity index (χ3n) is 2.26. The first-order valence-electron chi connectivity index (χ1n) is 4.86. The largest absolute Gasteiger partial charge is 0.396 e. The second-order valence-electron chi connectivity index (χ2n) is 3.43. The Bertz CT molecular complexity index is 390. The molecule has 0 unspecified atom stereocenters. The minimum absolute atomic E-state index is 0. The molecule has 17 heavy (non-hydrogen) atoms. The molecule has 0 bridgehead atoms. The number of nitrogens with zero attached hydrogens (tertiary/aromatic N) is 1. The van der Waals surface area contributed by atoms with Crippen molar-refractivity contribution in [1.29, 1.82) is 0 Å². The van der Waals surface area contributed by atoms with Crippen molar-refractivity contribution < 1.29 is 14.4 Å². The van der Waals surface area contributed by atoms with Gasteiger partial charge in [0.05, 0.1) is 4.92 Å². The van der Waals surface area contributed by atoms with E-state index in [9.17, 15) is 14.5 Å². The zero-order valence-corrected chi connectivity index (χ0v) is 9.82. The fourth-order valence-electron chi connectivity index (χ4n) is 1.46. The van der Waals surface area contributed by atoms with Crippen LogP contribution in [0, 0.1) is 15.9 Å². The van der Waals surface area contributed by atoms with Gasteiger partial charge in [0, 0.05) is 24.3 Å². The molecule has 3 N–H and O–H groups in total. The molecule has 7 heteroatoms. The predicted octanol–water partition coefficient (Wildman–Crippen LogP) is 1.93.